The molecule has 1 saturated carbocycles. The molecular formula is C21H21FN4O. The van der Waals surface area contributed by atoms with Gasteiger partial charge in [-0.05, 0) is 37.1 Å². The van der Waals surface area contributed by atoms with Crippen molar-refractivity contribution in [1.82, 2.24) is 14.9 Å². The van der Waals surface area contributed by atoms with Gasteiger partial charge in [-0.2, -0.15) is 0 Å². The summed E-state index contributed by atoms with van der Waals surface area (Å²) in [6.45, 7) is 3.16. The number of hydrogen-bond donors (Lipinski definition) is 1. The molecule has 0 bridgehead atoms. The van der Waals surface area contributed by atoms with Gasteiger partial charge in [0.2, 0.25) is 5.91 Å². The maximum atomic E-state index is 13.6. The van der Waals surface area contributed by atoms with Gasteiger partial charge in [0.05, 0.1) is 0 Å². The fraction of sp³-hybridized carbons (Fsp3) is 0.333. The molecule has 5 rings (SSSR count). The summed E-state index contributed by atoms with van der Waals surface area (Å²) in [5.74, 6) is 0.350. The molecule has 5 nitrogen and oxygen atoms in total. The van der Waals surface area contributed by atoms with Crippen LogP contribution in [0.5, 0.6) is 0 Å². The predicted octanol–water partition coefficient (Wildman–Crippen LogP) is 3.43. The van der Waals surface area contributed by atoms with E-state index in [0.717, 1.165) is 67.0 Å². The van der Waals surface area contributed by atoms with E-state index in [1.165, 1.54) is 12.1 Å². The number of aromatic nitrogens is 2. The van der Waals surface area contributed by atoms with Crippen molar-refractivity contribution in [3.05, 3.63) is 48.4 Å². The van der Waals surface area contributed by atoms with E-state index in [-0.39, 0.29) is 11.7 Å². The van der Waals surface area contributed by atoms with Gasteiger partial charge in [-0.25, -0.2) is 9.37 Å². The van der Waals surface area contributed by atoms with E-state index in [4.69, 9.17) is 0 Å². The monoisotopic (exact) mass is 364 g/mol. The first kappa shape index (κ1) is 16.3. The molecule has 3 heterocycles. The largest absolute Gasteiger partial charge is 0.367 e. The first-order chi connectivity index (χ1) is 13.2. The molecule has 1 amide bonds. The van der Waals surface area contributed by atoms with Crippen LogP contribution < -0.4 is 4.90 Å². The quantitative estimate of drug-likeness (QED) is 0.775. The second-order valence-corrected chi connectivity index (χ2v) is 7.37. The third-order valence-electron chi connectivity index (χ3n) is 5.50. The fourth-order valence-electron chi connectivity index (χ4n) is 3.86. The van der Waals surface area contributed by atoms with Crippen LogP contribution >= 0.6 is 0 Å². The highest BCUT2D eigenvalue weighted by Gasteiger charge is 2.34. The van der Waals surface area contributed by atoms with E-state index >= 15 is 0 Å². The Bertz CT molecular complexity index is 1000. The number of anilines is 1. The molecule has 1 aromatic carbocycles. The Balaban J connectivity index is 1.41. The molecule has 1 aliphatic heterocycles. The summed E-state index contributed by atoms with van der Waals surface area (Å²) in [7, 11) is 0. The Kier molecular flexibility index (Phi) is 3.85. The zero-order valence-electron chi connectivity index (χ0n) is 15.0. The van der Waals surface area contributed by atoms with Crippen LogP contribution in [-0.4, -0.2) is 47.0 Å². The number of carbonyl (C=O) groups is 1. The molecule has 138 valence electrons. The van der Waals surface area contributed by atoms with E-state index in [0.29, 0.717) is 5.91 Å². The van der Waals surface area contributed by atoms with Gasteiger partial charge in [0.1, 0.15) is 11.5 Å². The molecule has 2 aromatic heterocycles. The summed E-state index contributed by atoms with van der Waals surface area (Å²) >= 11 is 0. The molecule has 1 N–H and O–H groups in total. The number of halogens is 1. The summed E-state index contributed by atoms with van der Waals surface area (Å²) in [6.07, 6.45) is 3.90. The average Bonchev–Trinajstić information content (AvgIpc) is 3.45. The molecule has 0 unspecified atom stereocenters. The maximum Gasteiger partial charge on any atom is 0.225 e. The van der Waals surface area contributed by atoms with Crippen molar-refractivity contribution in [2.45, 2.75) is 12.8 Å². The van der Waals surface area contributed by atoms with E-state index in [1.807, 2.05) is 23.1 Å². The molecule has 1 aliphatic carbocycles. The molecule has 0 atom stereocenters. The number of H-pyrrole nitrogens is 1. The van der Waals surface area contributed by atoms with Gasteiger partial charge < -0.3 is 14.8 Å². The van der Waals surface area contributed by atoms with Gasteiger partial charge in [0.25, 0.3) is 0 Å². The normalized spacial score (nSPS) is 17.5. The summed E-state index contributed by atoms with van der Waals surface area (Å²) in [5, 5.41) is 1.03. The maximum absolute atomic E-state index is 13.6. The molecule has 0 radical (unpaired) electrons. The topological polar surface area (TPSA) is 52.2 Å². The standard InChI is InChI=1S/C21H21FN4O/c22-16-3-1-2-15(12-16)18-13-17-19(6-7-23-20(17)24-18)25-8-10-26(11-9-25)21(27)14-4-5-14/h1-3,6-7,12-14H,4-5,8-11H2,(H,23,24). The van der Waals surface area contributed by atoms with E-state index in [2.05, 4.69) is 14.9 Å². The predicted molar refractivity (Wildman–Crippen MR) is 103 cm³/mol. The lowest BCUT2D eigenvalue weighted by atomic mass is 10.1. The summed E-state index contributed by atoms with van der Waals surface area (Å²) in [6, 6.07) is 10.6. The van der Waals surface area contributed by atoms with Crippen molar-refractivity contribution >= 4 is 22.6 Å². The van der Waals surface area contributed by atoms with Crippen LogP contribution in [0.4, 0.5) is 10.1 Å². The number of rotatable bonds is 3. The molecule has 0 spiro atoms. The Morgan fingerprint density at radius 1 is 1.11 bits per heavy atom. The minimum Gasteiger partial charge on any atom is -0.367 e. The van der Waals surface area contributed by atoms with Crippen molar-refractivity contribution in [3.8, 4) is 11.3 Å². The lowest BCUT2D eigenvalue weighted by Gasteiger charge is -2.36. The SMILES string of the molecule is O=C(C1CC1)N1CCN(c2ccnc3[nH]c(-c4cccc(F)c4)cc23)CC1. The average molecular weight is 364 g/mol. The van der Waals surface area contributed by atoms with Gasteiger partial charge in [0.15, 0.2) is 0 Å². The number of nitrogens with zero attached hydrogens (tertiary/aromatic N) is 3. The molecule has 6 heteroatoms. The number of carbonyl (C=O) groups excluding carboxylic acids is 1. The van der Waals surface area contributed by atoms with Crippen molar-refractivity contribution in [2.75, 3.05) is 31.1 Å². The second kappa shape index (κ2) is 6.37. The number of pyridine rings is 1. The van der Waals surface area contributed by atoms with Crippen molar-refractivity contribution in [2.24, 2.45) is 5.92 Å². The number of fused-ring (bicyclic) bond motifs is 1. The van der Waals surface area contributed by atoms with Crippen LogP contribution in [0.15, 0.2) is 42.6 Å². The Morgan fingerprint density at radius 2 is 1.93 bits per heavy atom. The third kappa shape index (κ3) is 3.05. The lowest BCUT2D eigenvalue weighted by molar-refractivity contribution is -0.132. The highest BCUT2D eigenvalue weighted by molar-refractivity contribution is 5.94. The van der Waals surface area contributed by atoms with Crippen LogP contribution in [0.3, 0.4) is 0 Å². The van der Waals surface area contributed by atoms with E-state index < -0.39 is 0 Å². The molecule has 2 aliphatic rings. The first-order valence-corrected chi connectivity index (χ1v) is 9.46. The van der Waals surface area contributed by atoms with E-state index in [9.17, 15) is 9.18 Å². The van der Waals surface area contributed by atoms with Gasteiger partial charge in [0, 0.05) is 60.6 Å². The molecule has 2 fully saturated rings. The summed E-state index contributed by atoms with van der Waals surface area (Å²) < 4.78 is 13.6. The summed E-state index contributed by atoms with van der Waals surface area (Å²) in [4.78, 5) is 24.3. The Labute approximate surface area is 156 Å². The lowest BCUT2D eigenvalue weighted by Crippen LogP contribution is -2.49. The highest BCUT2D eigenvalue weighted by Crippen LogP contribution is 2.33. The number of piperazine rings is 1. The van der Waals surface area contributed by atoms with Gasteiger partial charge in [-0.15, -0.1) is 0 Å². The van der Waals surface area contributed by atoms with Gasteiger partial charge in [-0.1, -0.05) is 12.1 Å². The molecule has 3 aromatic rings. The zero-order valence-corrected chi connectivity index (χ0v) is 15.0. The second-order valence-electron chi connectivity index (χ2n) is 7.37. The van der Waals surface area contributed by atoms with Crippen LogP contribution in [-0.2, 0) is 4.79 Å². The third-order valence-corrected chi connectivity index (χ3v) is 5.50. The van der Waals surface area contributed by atoms with Gasteiger partial charge in [-0.3, -0.25) is 4.79 Å². The Hall–Kier alpha value is -2.89. The minimum absolute atomic E-state index is 0.254. The minimum atomic E-state index is -0.254. The fourth-order valence-corrected chi connectivity index (χ4v) is 3.86. The highest BCUT2D eigenvalue weighted by atomic mass is 19.1. The van der Waals surface area contributed by atoms with Gasteiger partial charge >= 0.3 is 0 Å². The van der Waals surface area contributed by atoms with Crippen LogP contribution in [0.2, 0.25) is 0 Å². The number of aromatic amines is 1. The van der Waals surface area contributed by atoms with Crippen molar-refractivity contribution in [3.63, 3.8) is 0 Å². The molecule has 27 heavy (non-hydrogen) atoms. The van der Waals surface area contributed by atoms with Crippen molar-refractivity contribution in [1.29, 1.82) is 0 Å². The zero-order chi connectivity index (χ0) is 18.4. The van der Waals surface area contributed by atoms with E-state index in [1.54, 1.807) is 12.3 Å². The number of hydrogen-bond acceptors (Lipinski definition) is 3. The number of amides is 1. The van der Waals surface area contributed by atoms with Crippen LogP contribution in [0.25, 0.3) is 22.3 Å². The van der Waals surface area contributed by atoms with Crippen LogP contribution in [0.1, 0.15) is 12.8 Å². The summed E-state index contributed by atoms with van der Waals surface area (Å²) in [5.41, 5.74) is 3.56. The molecular weight excluding hydrogens is 343 g/mol. The van der Waals surface area contributed by atoms with Crippen LogP contribution in [0, 0.1) is 11.7 Å². The molecule has 1 saturated heterocycles. The first-order valence-electron chi connectivity index (χ1n) is 9.46. The smallest absolute Gasteiger partial charge is 0.225 e. The number of nitrogens with one attached hydrogen (secondary N) is 1. The van der Waals surface area contributed by atoms with Crippen molar-refractivity contribution < 1.29 is 9.18 Å². The Morgan fingerprint density at radius 3 is 2.67 bits per heavy atom. The number of benzene rings is 1.